The average Bonchev–Trinajstić information content (AvgIpc) is 2.80. The fraction of sp³-hybridized carbons (Fsp3) is 0.231. The second-order valence-corrected chi connectivity index (χ2v) is 8.86. The number of rotatable bonds is 8. The van der Waals surface area contributed by atoms with E-state index in [2.05, 4.69) is 0 Å². The van der Waals surface area contributed by atoms with E-state index in [1.54, 1.807) is 37.3 Å². The fourth-order valence-corrected chi connectivity index (χ4v) is 3.98. The number of alkyl halides is 3. The van der Waals surface area contributed by atoms with Crippen LogP contribution >= 0.6 is 23.2 Å². The van der Waals surface area contributed by atoms with Gasteiger partial charge in [-0.3, -0.25) is 4.79 Å². The van der Waals surface area contributed by atoms with Gasteiger partial charge in [0, 0.05) is 23.1 Å². The number of hydrogen-bond acceptors (Lipinski definition) is 3. The van der Waals surface area contributed by atoms with Crippen molar-refractivity contribution in [2.24, 2.45) is 0 Å². The summed E-state index contributed by atoms with van der Waals surface area (Å²) in [5.41, 5.74) is 1.26. The van der Waals surface area contributed by atoms with Crippen LogP contribution in [0.4, 0.5) is 18.0 Å². The number of ether oxygens (including phenoxy) is 1. The van der Waals surface area contributed by atoms with Gasteiger partial charge in [0.25, 0.3) is 0 Å². The van der Waals surface area contributed by atoms with Gasteiger partial charge in [-0.2, -0.15) is 13.2 Å². The van der Waals surface area contributed by atoms with Crippen LogP contribution in [0.5, 0.6) is 0 Å². The third-order valence-corrected chi connectivity index (χ3v) is 5.80. The highest BCUT2D eigenvalue weighted by atomic mass is 35.5. The van der Waals surface area contributed by atoms with E-state index in [0.717, 1.165) is 12.1 Å². The van der Waals surface area contributed by atoms with E-state index in [0.29, 0.717) is 27.3 Å². The molecule has 3 rings (SSSR count). The van der Waals surface area contributed by atoms with Gasteiger partial charge in [-0.05, 0) is 71.1 Å². The van der Waals surface area contributed by atoms with Crippen LogP contribution < -0.4 is 0 Å². The van der Waals surface area contributed by atoms with Crippen LogP contribution in [-0.2, 0) is 35.3 Å². The molecule has 10 heteroatoms. The van der Waals surface area contributed by atoms with Gasteiger partial charge in [0.1, 0.15) is 6.61 Å². The van der Waals surface area contributed by atoms with Crippen LogP contribution in [0.2, 0.25) is 10.0 Å². The average molecular weight is 540 g/mol. The Morgan fingerprint density at radius 3 is 2.25 bits per heavy atom. The van der Waals surface area contributed by atoms with Gasteiger partial charge in [0.2, 0.25) is 0 Å². The molecule has 0 radical (unpaired) electrons. The van der Waals surface area contributed by atoms with Gasteiger partial charge in [-0.25, -0.2) is 4.79 Å². The second kappa shape index (κ2) is 11.7. The van der Waals surface area contributed by atoms with Gasteiger partial charge in [0.15, 0.2) is 0 Å². The first-order chi connectivity index (χ1) is 17.0. The zero-order valence-electron chi connectivity index (χ0n) is 19.1. The highest BCUT2D eigenvalue weighted by Crippen LogP contribution is 2.35. The largest absolute Gasteiger partial charge is 0.481 e. The lowest BCUT2D eigenvalue weighted by atomic mass is 9.95. The van der Waals surface area contributed by atoms with Crippen LogP contribution in [0.3, 0.4) is 0 Å². The van der Waals surface area contributed by atoms with Crippen LogP contribution in [0.25, 0.3) is 11.1 Å². The van der Waals surface area contributed by atoms with Gasteiger partial charge in [-0.1, -0.05) is 47.5 Å². The molecule has 0 saturated carbocycles. The van der Waals surface area contributed by atoms with Crippen LogP contribution in [0.15, 0.2) is 60.7 Å². The number of hydrogen-bond donors (Lipinski definition) is 1. The second-order valence-electron chi connectivity index (χ2n) is 7.98. The minimum absolute atomic E-state index is 0.0329. The molecular formula is C26H22Cl2F3NO4. The lowest BCUT2D eigenvalue weighted by Gasteiger charge is -2.23. The Morgan fingerprint density at radius 1 is 0.944 bits per heavy atom. The molecule has 0 aliphatic carbocycles. The van der Waals surface area contributed by atoms with Crippen molar-refractivity contribution in [2.75, 3.05) is 6.54 Å². The number of amides is 1. The van der Waals surface area contributed by atoms with Crippen LogP contribution in [0.1, 0.15) is 29.2 Å². The standard InChI is InChI=1S/C26H22Cl2F3NO4/c1-2-32(25(35)36-15-16-3-6-21(27)7-4-16)14-19-12-20(26(29,30)31)5-8-23(19)18-9-17(11-24(33)34)10-22(28)13-18/h3-10,12-13H,2,11,14-15H2,1H3,(H,33,34). The molecule has 0 heterocycles. The first kappa shape index (κ1) is 27.4. The molecular weight excluding hydrogens is 518 g/mol. The smallest absolute Gasteiger partial charge is 0.416 e. The number of carboxylic acid groups (broad SMARTS) is 1. The van der Waals surface area contributed by atoms with E-state index in [4.69, 9.17) is 33.0 Å². The summed E-state index contributed by atoms with van der Waals surface area (Å²) in [4.78, 5) is 25.2. The van der Waals surface area contributed by atoms with Crippen molar-refractivity contribution >= 4 is 35.3 Å². The Kier molecular flexibility index (Phi) is 8.87. The van der Waals surface area contributed by atoms with Crippen molar-refractivity contribution in [3.63, 3.8) is 0 Å². The molecule has 1 N–H and O–H groups in total. The van der Waals surface area contributed by atoms with E-state index in [9.17, 15) is 22.8 Å². The number of halogens is 5. The third kappa shape index (κ3) is 7.38. The van der Waals surface area contributed by atoms with Gasteiger partial charge < -0.3 is 14.7 Å². The minimum atomic E-state index is -4.60. The van der Waals surface area contributed by atoms with E-state index >= 15 is 0 Å². The minimum Gasteiger partial charge on any atom is -0.481 e. The molecule has 0 fully saturated rings. The maximum absolute atomic E-state index is 13.5. The SMILES string of the molecule is CCN(Cc1cc(C(F)(F)F)ccc1-c1cc(Cl)cc(CC(=O)O)c1)C(=O)OCc1ccc(Cl)cc1. The molecule has 0 aromatic heterocycles. The summed E-state index contributed by atoms with van der Waals surface area (Å²) in [6.07, 6.45) is -5.60. The molecule has 3 aromatic carbocycles. The Bertz CT molecular complexity index is 1250. The first-order valence-corrected chi connectivity index (χ1v) is 11.6. The lowest BCUT2D eigenvalue weighted by Crippen LogP contribution is -2.31. The summed E-state index contributed by atoms with van der Waals surface area (Å²) in [6.45, 7) is 1.65. The zero-order chi connectivity index (χ0) is 26.5. The number of nitrogens with zero attached hydrogens (tertiary/aromatic N) is 1. The van der Waals surface area contributed by atoms with E-state index in [1.807, 2.05) is 0 Å². The molecule has 0 aliphatic heterocycles. The third-order valence-electron chi connectivity index (χ3n) is 5.33. The van der Waals surface area contributed by atoms with Gasteiger partial charge in [-0.15, -0.1) is 0 Å². The monoisotopic (exact) mass is 539 g/mol. The quantitative estimate of drug-likeness (QED) is 0.322. The molecule has 1 amide bonds. The fourth-order valence-electron chi connectivity index (χ4n) is 3.59. The lowest BCUT2D eigenvalue weighted by molar-refractivity contribution is -0.138. The maximum Gasteiger partial charge on any atom is 0.416 e. The molecule has 0 bridgehead atoms. The Balaban J connectivity index is 1.93. The number of carbonyl (C=O) groups excluding carboxylic acids is 1. The normalized spacial score (nSPS) is 11.3. The van der Waals surface area contributed by atoms with Crippen molar-refractivity contribution < 1.29 is 32.6 Å². The van der Waals surface area contributed by atoms with Crippen molar-refractivity contribution in [3.8, 4) is 11.1 Å². The number of benzene rings is 3. The molecule has 0 spiro atoms. The summed E-state index contributed by atoms with van der Waals surface area (Å²) in [5.74, 6) is -1.07. The molecule has 0 atom stereocenters. The van der Waals surface area contributed by atoms with Crippen molar-refractivity contribution in [1.82, 2.24) is 4.90 Å². The zero-order valence-corrected chi connectivity index (χ0v) is 20.6. The van der Waals surface area contributed by atoms with E-state index < -0.39 is 23.8 Å². The van der Waals surface area contributed by atoms with Gasteiger partial charge >= 0.3 is 18.2 Å². The number of aliphatic carboxylic acids is 1. The molecule has 190 valence electrons. The topological polar surface area (TPSA) is 66.8 Å². The summed E-state index contributed by atoms with van der Waals surface area (Å²) < 4.78 is 45.8. The van der Waals surface area contributed by atoms with Crippen LogP contribution in [-0.4, -0.2) is 28.6 Å². The maximum atomic E-state index is 13.5. The molecule has 36 heavy (non-hydrogen) atoms. The van der Waals surface area contributed by atoms with Crippen LogP contribution in [0, 0.1) is 0 Å². The molecule has 5 nitrogen and oxygen atoms in total. The summed E-state index contributed by atoms with van der Waals surface area (Å²) >= 11 is 12.0. The van der Waals surface area contributed by atoms with Crippen molar-refractivity contribution in [2.45, 2.75) is 32.7 Å². The predicted molar refractivity (Wildman–Crippen MR) is 131 cm³/mol. The molecule has 0 unspecified atom stereocenters. The number of carboxylic acids is 1. The van der Waals surface area contributed by atoms with Gasteiger partial charge in [0.05, 0.1) is 12.0 Å². The first-order valence-electron chi connectivity index (χ1n) is 10.8. The molecule has 0 aliphatic rings. The Hall–Kier alpha value is -3.23. The van der Waals surface area contributed by atoms with E-state index in [-0.39, 0.29) is 36.7 Å². The summed E-state index contributed by atoms with van der Waals surface area (Å²) in [7, 11) is 0. The molecule has 3 aromatic rings. The predicted octanol–water partition coefficient (Wildman–Crippen LogP) is 7.47. The van der Waals surface area contributed by atoms with E-state index in [1.165, 1.54) is 23.1 Å². The Morgan fingerprint density at radius 2 is 1.64 bits per heavy atom. The number of carbonyl (C=O) groups is 2. The highest BCUT2D eigenvalue weighted by molar-refractivity contribution is 6.31. The summed E-state index contributed by atoms with van der Waals surface area (Å²) in [6, 6.07) is 14.5. The highest BCUT2D eigenvalue weighted by Gasteiger charge is 2.31. The summed E-state index contributed by atoms with van der Waals surface area (Å²) in [5, 5.41) is 9.90. The van der Waals surface area contributed by atoms with Crippen molar-refractivity contribution in [3.05, 3.63) is 93.0 Å². The molecule has 0 saturated heterocycles. The van der Waals surface area contributed by atoms with Crippen molar-refractivity contribution in [1.29, 1.82) is 0 Å². The Labute approximate surface area is 216 Å².